The summed E-state index contributed by atoms with van der Waals surface area (Å²) < 4.78 is 0. The lowest BCUT2D eigenvalue weighted by atomic mass is 9.98. The van der Waals surface area contributed by atoms with E-state index in [-0.39, 0.29) is 5.91 Å². The molecule has 0 aliphatic carbocycles. The lowest BCUT2D eigenvalue weighted by Gasteiger charge is -2.29. The molecule has 0 aromatic carbocycles. The number of nitrogens with two attached hydrogens (primary N) is 1. The van der Waals surface area contributed by atoms with Crippen LogP contribution in [0.25, 0.3) is 0 Å². The molecule has 2 atom stereocenters. The van der Waals surface area contributed by atoms with Crippen molar-refractivity contribution in [1.29, 1.82) is 0 Å². The summed E-state index contributed by atoms with van der Waals surface area (Å²) in [5.41, 5.74) is 5.46. The van der Waals surface area contributed by atoms with Gasteiger partial charge in [0.2, 0.25) is 5.91 Å². The average molecular weight is 199 g/mol. The van der Waals surface area contributed by atoms with Crippen LogP contribution in [0.5, 0.6) is 0 Å². The SMILES string of the molecule is C[C@H](N)C(=O)NC[C@H]1CCCN(C)C1. The predicted molar refractivity (Wildman–Crippen MR) is 56.9 cm³/mol. The van der Waals surface area contributed by atoms with Crippen LogP contribution in [-0.2, 0) is 4.79 Å². The molecule has 3 N–H and O–H groups in total. The molecule has 82 valence electrons. The Kier molecular flexibility index (Phi) is 4.35. The van der Waals surface area contributed by atoms with Crippen molar-refractivity contribution in [2.45, 2.75) is 25.8 Å². The van der Waals surface area contributed by atoms with E-state index in [0.717, 1.165) is 13.1 Å². The monoisotopic (exact) mass is 199 g/mol. The van der Waals surface area contributed by atoms with E-state index in [1.54, 1.807) is 6.92 Å². The minimum absolute atomic E-state index is 0.0433. The maximum Gasteiger partial charge on any atom is 0.236 e. The summed E-state index contributed by atoms with van der Waals surface area (Å²) in [4.78, 5) is 13.5. The van der Waals surface area contributed by atoms with Crippen LogP contribution in [0, 0.1) is 5.92 Å². The minimum Gasteiger partial charge on any atom is -0.354 e. The Hall–Kier alpha value is -0.610. The summed E-state index contributed by atoms with van der Waals surface area (Å²) in [5, 5.41) is 2.88. The number of nitrogens with one attached hydrogen (secondary N) is 1. The molecule has 0 unspecified atom stereocenters. The van der Waals surface area contributed by atoms with E-state index in [1.807, 2.05) is 0 Å². The second-order valence-electron chi connectivity index (χ2n) is 4.30. The van der Waals surface area contributed by atoms with Gasteiger partial charge in [-0.2, -0.15) is 0 Å². The molecule has 0 aromatic heterocycles. The van der Waals surface area contributed by atoms with Crippen LogP contribution in [0.2, 0.25) is 0 Å². The molecule has 0 bridgehead atoms. The van der Waals surface area contributed by atoms with E-state index in [1.165, 1.54) is 19.4 Å². The topological polar surface area (TPSA) is 58.4 Å². The highest BCUT2D eigenvalue weighted by Gasteiger charge is 2.18. The first-order valence-electron chi connectivity index (χ1n) is 5.31. The van der Waals surface area contributed by atoms with Crippen LogP contribution >= 0.6 is 0 Å². The quantitative estimate of drug-likeness (QED) is 0.661. The third-order valence-electron chi connectivity index (χ3n) is 2.70. The van der Waals surface area contributed by atoms with Crippen molar-refractivity contribution in [3.8, 4) is 0 Å². The molecule has 0 spiro atoms. The first kappa shape index (κ1) is 11.5. The van der Waals surface area contributed by atoms with Gasteiger partial charge in [0.1, 0.15) is 0 Å². The summed E-state index contributed by atoms with van der Waals surface area (Å²) in [5.74, 6) is 0.551. The number of nitrogens with zero attached hydrogens (tertiary/aromatic N) is 1. The maximum atomic E-state index is 11.2. The molecule has 1 amide bonds. The van der Waals surface area contributed by atoms with Crippen LogP contribution in [0.15, 0.2) is 0 Å². The largest absolute Gasteiger partial charge is 0.354 e. The van der Waals surface area contributed by atoms with Gasteiger partial charge in [-0.1, -0.05) is 0 Å². The molecular formula is C10H21N3O. The lowest BCUT2D eigenvalue weighted by Crippen LogP contribution is -2.43. The van der Waals surface area contributed by atoms with Crippen LogP contribution in [0.3, 0.4) is 0 Å². The van der Waals surface area contributed by atoms with Crippen molar-refractivity contribution in [2.75, 3.05) is 26.7 Å². The first-order chi connectivity index (χ1) is 6.59. The zero-order chi connectivity index (χ0) is 10.6. The number of carbonyl (C=O) groups excluding carboxylic acids is 1. The molecule has 1 heterocycles. The number of piperidine rings is 1. The van der Waals surface area contributed by atoms with Gasteiger partial charge in [-0.15, -0.1) is 0 Å². The molecule has 1 aliphatic heterocycles. The highest BCUT2D eigenvalue weighted by molar-refractivity contribution is 5.80. The molecule has 0 radical (unpaired) electrons. The van der Waals surface area contributed by atoms with Gasteiger partial charge < -0.3 is 16.0 Å². The van der Waals surface area contributed by atoms with Crippen molar-refractivity contribution in [2.24, 2.45) is 11.7 Å². The van der Waals surface area contributed by atoms with Gasteiger partial charge in [-0.25, -0.2) is 0 Å². The van der Waals surface area contributed by atoms with Gasteiger partial charge >= 0.3 is 0 Å². The van der Waals surface area contributed by atoms with Crippen LogP contribution in [0.1, 0.15) is 19.8 Å². The molecule has 1 fully saturated rings. The van der Waals surface area contributed by atoms with Crippen molar-refractivity contribution >= 4 is 5.91 Å². The van der Waals surface area contributed by atoms with Crippen molar-refractivity contribution in [1.82, 2.24) is 10.2 Å². The Morgan fingerprint density at radius 1 is 1.71 bits per heavy atom. The number of hydrogen-bond acceptors (Lipinski definition) is 3. The highest BCUT2D eigenvalue weighted by atomic mass is 16.2. The highest BCUT2D eigenvalue weighted by Crippen LogP contribution is 2.13. The minimum atomic E-state index is -0.392. The number of likely N-dealkylation sites (tertiary alicyclic amines) is 1. The predicted octanol–water partition coefficient (Wildman–Crippen LogP) is -0.208. The Labute approximate surface area is 85.8 Å². The Balaban J connectivity index is 2.20. The van der Waals surface area contributed by atoms with Crippen LogP contribution in [0.4, 0.5) is 0 Å². The summed E-state index contributed by atoms with van der Waals surface area (Å²) in [6, 6.07) is -0.392. The average Bonchev–Trinajstić information content (AvgIpc) is 2.14. The molecule has 4 nitrogen and oxygen atoms in total. The van der Waals surface area contributed by atoms with Crippen molar-refractivity contribution in [3.05, 3.63) is 0 Å². The zero-order valence-corrected chi connectivity index (χ0v) is 9.12. The van der Waals surface area contributed by atoms with Gasteiger partial charge in [0.15, 0.2) is 0 Å². The fourth-order valence-electron chi connectivity index (χ4n) is 1.85. The van der Waals surface area contributed by atoms with E-state index in [4.69, 9.17) is 5.73 Å². The van der Waals surface area contributed by atoms with Gasteiger partial charge in [-0.3, -0.25) is 4.79 Å². The standard InChI is InChI=1S/C10H21N3O/c1-8(11)10(14)12-6-9-4-3-5-13(2)7-9/h8-9H,3-7,11H2,1-2H3,(H,12,14)/t8-,9+/m0/s1. The summed E-state index contributed by atoms with van der Waals surface area (Å²) >= 11 is 0. The third kappa shape index (κ3) is 3.64. The smallest absolute Gasteiger partial charge is 0.236 e. The molecule has 0 aromatic rings. The Morgan fingerprint density at radius 3 is 3.00 bits per heavy atom. The fourth-order valence-corrected chi connectivity index (χ4v) is 1.85. The van der Waals surface area contributed by atoms with Crippen LogP contribution in [-0.4, -0.2) is 43.5 Å². The van der Waals surface area contributed by atoms with E-state index >= 15 is 0 Å². The normalized spacial score (nSPS) is 25.8. The summed E-state index contributed by atoms with van der Waals surface area (Å²) in [6.45, 7) is 4.74. The lowest BCUT2D eigenvalue weighted by molar-refractivity contribution is -0.122. The van der Waals surface area contributed by atoms with Gasteiger partial charge in [0.05, 0.1) is 6.04 Å². The van der Waals surface area contributed by atoms with Gasteiger partial charge in [-0.05, 0) is 39.3 Å². The summed E-state index contributed by atoms with van der Waals surface area (Å²) in [7, 11) is 2.12. The molecule has 4 heteroatoms. The van der Waals surface area contributed by atoms with Gasteiger partial charge in [0.25, 0.3) is 0 Å². The van der Waals surface area contributed by atoms with E-state index in [2.05, 4.69) is 17.3 Å². The van der Waals surface area contributed by atoms with Crippen molar-refractivity contribution < 1.29 is 4.79 Å². The fraction of sp³-hybridized carbons (Fsp3) is 0.900. The number of amides is 1. The molecular weight excluding hydrogens is 178 g/mol. The molecule has 1 saturated heterocycles. The number of rotatable bonds is 3. The molecule has 1 rings (SSSR count). The molecule has 14 heavy (non-hydrogen) atoms. The second-order valence-corrected chi connectivity index (χ2v) is 4.30. The zero-order valence-electron chi connectivity index (χ0n) is 9.12. The van der Waals surface area contributed by atoms with E-state index in [0.29, 0.717) is 5.92 Å². The molecule has 1 aliphatic rings. The maximum absolute atomic E-state index is 11.2. The van der Waals surface area contributed by atoms with Gasteiger partial charge in [0, 0.05) is 13.1 Å². The van der Waals surface area contributed by atoms with E-state index < -0.39 is 6.04 Å². The Morgan fingerprint density at radius 2 is 2.43 bits per heavy atom. The molecule has 0 saturated carbocycles. The van der Waals surface area contributed by atoms with E-state index in [9.17, 15) is 4.79 Å². The third-order valence-corrected chi connectivity index (χ3v) is 2.70. The summed E-state index contributed by atoms with van der Waals surface area (Å²) in [6.07, 6.45) is 2.44. The van der Waals surface area contributed by atoms with Crippen LogP contribution < -0.4 is 11.1 Å². The second kappa shape index (κ2) is 5.32. The van der Waals surface area contributed by atoms with Crippen molar-refractivity contribution in [3.63, 3.8) is 0 Å². The number of hydrogen-bond donors (Lipinski definition) is 2. The first-order valence-corrected chi connectivity index (χ1v) is 5.31. The Bertz CT molecular complexity index is 194. The number of carbonyl (C=O) groups is 1.